The monoisotopic (exact) mass is 365 g/mol. The molecule has 0 aromatic heterocycles. The Bertz CT molecular complexity index is 905. The molecule has 27 heavy (non-hydrogen) atoms. The largest absolute Gasteiger partial charge is 0.465 e. The molecular weight excluding hydrogens is 346 g/mol. The molecular formula is C20H19N3O4. The molecule has 2 aromatic rings. The summed E-state index contributed by atoms with van der Waals surface area (Å²) in [6, 6.07) is 14.6. The first kappa shape index (κ1) is 18.2. The van der Waals surface area contributed by atoms with E-state index in [0.29, 0.717) is 28.1 Å². The van der Waals surface area contributed by atoms with Gasteiger partial charge in [0.15, 0.2) is 0 Å². The van der Waals surface area contributed by atoms with Crippen LogP contribution in [0, 0.1) is 0 Å². The number of hydrogen-bond donors (Lipinski definition) is 3. The van der Waals surface area contributed by atoms with Gasteiger partial charge in [-0.1, -0.05) is 30.3 Å². The second-order valence-electron chi connectivity index (χ2n) is 6.00. The van der Waals surface area contributed by atoms with Crippen LogP contribution in [-0.4, -0.2) is 25.0 Å². The van der Waals surface area contributed by atoms with Crippen LogP contribution in [-0.2, 0) is 9.53 Å². The molecule has 7 heteroatoms. The molecule has 3 rings (SSSR count). The lowest BCUT2D eigenvalue weighted by Gasteiger charge is -2.28. The van der Waals surface area contributed by atoms with E-state index in [4.69, 9.17) is 0 Å². The zero-order valence-electron chi connectivity index (χ0n) is 14.9. The number of para-hydroxylation sites is 1. The number of esters is 1. The Morgan fingerprint density at radius 2 is 1.70 bits per heavy atom. The van der Waals surface area contributed by atoms with Crippen molar-refractivity contribution in [2.75, 3.05) is 12.4 Å². The second kappa shape index (κ2) is 7.74. The molecule has 2 aromatic carbocycles. The van der Waals surface area contributed by atoms with E-state index in [0.717, 1.165) is 0 Å². The molecule has 3 N–H and O–H groups in total. The molecule has 0 fully saturated rings. The normalized spacial score (nSPS) is 16.2. The van der Waals surface area contributed by atoms with Gasteiger partial charge >= 0.3 is 12.0 Å². The van der Waals surface area contributed by atoms with Gasteiger partial charge in [0.05, 0.1) is 24.3 Å². The summed E-state index contributed by atoms with van der Waals surface area (Å²) in [6.45, 7) is 1.68. The summed E-state index contributed by atoms with van der Waals surface area (Å²) >= 11 is 0. The number of urea groups is 1. The Morgan fingerprint density at radius 1 is 1.04 bits per heavy atom. The molecule has 1 aliphatic rings. The third-order valence-electron chi connectivity index (χ3n) is 4.21. The number of hydrogen-bond acceptors (Lipinski definition) is 4. The number of methoxy groups -OCH3 is 1. The van der Waals surface area contributed by atoms with Crippen LogP contribution in [0.2, 0.25) is 0 Å². The van der Waals surface area contributed by atoms with Crippen molar-refractivity contribution in [1.82, 2.24) is 10.6 Å². The number of nitrogens with one attached hydrogen (secondary N) is 3. The first-order valence-electron chi connectivity index (χ1n) is 8.32. The predicted molar refractivity (Wildman–Crippen MR) is 100.0 cm³/mol. The van der Waals surface area contributed by atoms with Gasteiger partial charge in [0.2, 0.25) is 0 Å². The number of carbonyl (C=O) groups excluding carboxylic acids is 3. The van der Waals surface area contributed by atoms with E-state index in [1.807, 2.05) is 18.2 Å². The van der Waals surface area contributed by atoms with Gasteiger partial charge < -0.3 is 20.7 Å². The van der Waals surface area contributed by atoms with Crippen molar-refractivity contribution in [3.05, 3.63) is 77.0 Å². The molecule has 1 unspecified atom stereocenters. The minimum absolute atomic E-state index is 0.326. The average Bonchev–Trinajstić information content (AvgIpc) is 2.67. The molecule has 0 radical (unpaired) electrons. The van der Waals surface area contributed by atoms with Gasteiger partial charge in [0.1, 0.15) is 0 Å². The summed E-state index contributed by atoms with van der Waals surface area (Å²) in [5, 5.41) is 8.22. The highest BCUT2D eigenvalue weighted by atomic mass is 16.5. The van der Waals surface area contributed by atoms with Gasteiger partial charge in [0.25, 0.3) is 5.91 Å². The number of allylic oxidation sites excluding steroid dienone is 1. The second-order valence-corrected chi connectivity index (χ2v) is 6.00. The summed E-state index contributed by atoms with van der Waals surface area (Å²) in [5.74, 6) is -0.780. The molecule has 1 aliphatic heterocycles. The maximum absolute atomic E-state index is 12.9. The topological polar surface area (TPSA) is 96.5 Å². The average molecular weight is 365 g/mol. The summed E-state index contributed by atoms with van der Waals surface area (Å²) < 4.78 is 4.69. The molecule has 3 amide bonds. The molecule has 0 bridgehead atoms. The Labute approximate surface area is 156 Å². The van der Waals surface area contributed by atoms with E-state index in [1.54, 1.807) is 43.3 Å². The van der Waals surface area contributed by atoms with Crippen LogP contribution in [0.4, 0.5) is 10.5 Å². The van der Waals surface area contributed by atoms with Crippen LogP contribution in [0.1, 0.15) is 28.9 Å². The van der Waals surface area contributed by atoms with Gasteiger partial charge in [-0.15, -0.1) is 0 Å². The van der Waals surface area contributed by atoms with E-state index in [1.165, 1.54) is 7.11 Å². The van der Waals surface area contributed by atoms with Crippen LogP contribution in [0.3, 0.4) is 0 Å². The quantitative estimate of drug-likeness (QED) is 0.726. The molecule has 7 nitrogen and oxygen atoms in total. The van der Waals surface area contributed by atoms with Crippen molar-refractivity contribution in [2.45, 2.75) is 13.0 Å². The van der Waals surface area contributed by atoms with Crippen molar-refractivity contribution in [3.8, 4) is 0 Å². The van der Waals surface area contributed by atoms with Crippen molar-refractivity contribution in [1.29, 1.82) is 0 Å². The highest BCUT2D eigenvalue weighted by Crippen LogP contribution is 2.28. The highest BCUT2D eigenvalue weighted by molar-refractivity contribution is 6.06. The standard InChI is InChI=1S/C20H19N3O4/c1-12-16(18(24)22-15-6-4-3-5-7-15)17(23-20(26)21-12)13-8-10-14(11-9-13)19(25)27-2/h3-11,17H,1-2H3,(H,22,24)(H2,21,23,26). The van der Waals surface area contributed by atoms with E-state index < -0.39 is 18.0 Å². The number of anilines is 1. The highest BCUT2D eigenvalue weighted by Gasteiger charge is 2.31. The number of benzene rings is 2. The van der Waals surface area contributed by atoms with Gasteiger partial charge in [-0.2, -0.15) is 0 Å². The SMILES string of the molecule is COC(=O)c1ccc(C2NC(=O)NC(C)=C2C(=O)Nc2ccccc2)cc1. The lowest BCUT2D eigenvalue weighted by Crippen LogP contribution is -2.45. The summed E-state index contributed by atoms with van der Waals surface area (Å²) in [7, 11) is 1.31. The van der Waals surface area contributed by atoms with Crippen LogP contribution in [0.5, 0.6) is 0 Å². The smallest absolute Gasteiger partial charge is 0.337 e. The van der Waals surface area contributed by atoms with Gasteiger partial charge in [-0.05, 0) is 36.8 Å². The Kier molecular flexibility index (Phi) is 5.21. The third kappa shape index (κ3) is 3.98. The third-order valence-corrected chi connectivity index (χ3v) is 4.21. The van der Waals surface area contributed by atoms with Crippen LogP contribution < -0.4 is 16.0 Å². The lowest BCUT2D eigenvalue weighted by atomic mass is 9.94. The maximum Gasteiger partial charge on any atom is 0.337 e. The van der Waals surface area contributed by atoms with E-state index in [2.05, 4.69) is 20.7 Å². The minimum Gasteiger partial charge on any atom is -0.465 e. The fourth-order valence-electron chi connectivity index (χ4n) is 2.89. The van der Waals surface area contributed by atoms with Crippen molar-refractivity contribution < 1.29 is 19.1 Å². The minimum atomic E-state index is -0.644. The van der Waals surface area contributed by atoms with Gasteiger partial charge in [-0.25, -0.2) is 9.59 Å². The summed E-state index contributed by atoms with van der Waals surface area (Å²) in [4.78, 5) is 36.4. The number of rotatable bonds is 4. The number of ether oxygens (including phenoxy) is 1. The molecule has 0 saturated carbocycles. The molecule has 1 heterocycles. The van der Waals surface area contributed by atoms with E-state index in [-0.39, 0.29) is 5.91 Å². The molecule has 1 atom stereocenters. The van der Waals surface area contributed by atoms with Crippen molar-refractivity contribution in [2.24, 2.45) is 0 Å². The van der Waals surface area contributed by atoms with Crippen LogP contribution in [0.25, 0.3) is 0 Å². The van der Waals surface area contributed by atoms with E-state index >= 15 is 0 Å². The summed E-state index contributed by atoms with van der Waals surface area (Å²) in [6.07, 6.45) is 0. The Balaban J connectivity index is 1.92. The Hall–Kier alpha value is -3.61. The fourth-order valence-corrected chi connectivity index (χ4v) is 2.89. The zero-order chi connectivity index (χ0) is 19.4. The predicted octanol–water partition coefficient (Wildman–Crippen LogP) is 2.74. The zero-order valence-corrected chi connectivity index (χ0v) is 14.9. The molecule has 138 valence electrons. The first-order valence-corrected chi connectivity index (χ1v) is 8.32. The van der Waals surface area contributed by atoms with Gasteiger partial charge in [0, 0.05) is 11.4 Å². The number of carbonyl (C=O) groups is 3. The molecule has 0 spiro atoms. The van der Waals surface area contributed by atoms with Gasteiger partial charge in [-0.3, -0.25) is 4.79 Å². The molecule has 0 saturated heterocycles. The fraction of sp³-hybridized carbons (Fsp3) is 0.150. The Morgan fingerprint density at radius 3 is 2.33 bits per heavy atom. The maximum atomic E-state index is 12.9. The van der Waals surface area contributed by atoms with Crippen LogP contribution in [0.15, 0.2) is 65.9 Å². The first-order chi connectivity index (χ1) is 13.0. The molecule has 0 aliphatic carbocycles. The van der Waals surface area contributed by atoms with E-state index in [9.17, 15) is 14.4 Å². The van der Waals surface area contributed by atoms with Crippen LogP contribution >= 0.6 is 0 Å². The lowest BCUT2D eigenvalue weighted by molar-refractivity contribution is -0.113. The summed E-state index contributed by atoms with van der Waals surface area (Å²) in [5.41, 5.74) is 2.57. The number of amides is 3. The van der Waals surface area contributed by atoms with Crippen molar-refractivity contribution in [3.63, 3.8) is 0 Å². The van der Waals surface area contributed by atoms with Crippen molar-refractivity contribution >= 4 is 23.6 Å².